The van der Waals surface area contributed by atoms with E-state index in [0.717, 1.165) is 34.5 Å². The minimum Gasteiger partial charge on any atom is -0.351 e. The van der Waals surface area contributed by atoms with Crippen LogP contribution in [-0.2, 0) is 6.42 Å². The Labute approximate surface area is 135 Å². The van der Waals surface area contributed by atoms with Crippen molar-refractivity contribution in [2.45, 2.75) is 40.2 Å². The highest BCUT2D eigenvalue weighted by Gasteiger charge is 2.16. The average molecular weight is 310 g/mol. The van der Waals surface area contributed by atoms with Crippen molar-refractivity contribution in [3.8, 4) is 0 Å². The zero-order valence-electron chi connectivity index (χ0n) is 13.9. The van der Waals surface area contributed by atoms with Crippen molar-refractivity contribution in [3.05, 3.63) is 52.7 Å². The summed E-state index contributed by atoms with van der Waals surface area (Å²) in [6.07, 6.45) is 0.977. The van der Waals surface area contributed by atoms with Crippen LogP contribution in [0.4, 0.5) is 0 Å². The SMILES string of the molecule is CCc1ccc2cc(C(=O)NC(C)c3nc(C)c(C)[nH]3)[nH]c2c1. The highest BCUT2D eigenvalue weighted by Crippen LogP contribution is 2.18. The number of nitrogens with zero attached hydrogens (tertiary/aromatic N) is 1. The van der Waals surface area contributed by atoms with Crippen molar-refractivity contribution >= 4 is 16.8 Å². The minimum atomic E-state index is -0.174. The van der Waals surface area contributed by atoms with E-state index in [4.69, 9.17) is 0 Å². The number of carbonyl (C=O) groups is 1. The molecule has 5 heteroatoms. The lowest BCUT2D eigenvalue weighted by atomic mass is 10.1. The fourth-order valence-corrected chi connectivity index (χ4v) is 2.64. The van der Waals surface area contributed by atoms with Crippen LogP contribution >= 0.6 is 0 Å². The van der Waals surface area contributed by atoms with Crippen molar-refractivity contribution in [1.29, 1.82) is 0 Å². The van der Waals surface area contributed by atoms with Gasteiger partial charge in [0.25, 0.3) is 5.91 Å². The number of H-pyrrole nitrogens is 2. The monoisotopic (exact) mass is 310 g/mol. The Hall–Kier alpha value is -2.56. The molecule has 0 saturated heterocycles. The fourth-order valence-electron chi connectivity index (χ4n) is 2.64. The number of hydrogen-bond acceptors (Lipinski definition) is 2. The normalized spacial score (nSPS) is 12.5. The van der Waals surface area contributed by atoms with E-state index in [0.29, 0.717) is 5.69 Å². The largest absolute Gasteiger partial charge is 0.351 e. The van der Waals surface area contributed by atoms with E-state index in [9.17, 15) is 4.79 Å². The summed E-state index contributed by atoms with van der Waals surface area (Å²) in [5, 5.41) is 4.02. The van der Waals surface area contributed by atoms with Gasteiger partial charge in [0.2, 0.25) is 0 Å². The van der Waals surface area contributed by atoms with Gasteiger partial charge in [-0.15, -0.1) is 0 Å². The summed E-state index contributed by atoms with van der Waals surface area (Å²) in [5.74, 6) is 0.649. The van der Waals surface area contributed by atoms with E-state index in [-0.39, 0.29) is 11.9 Å². The summed E-state index contributed by atoms with van der Waals surface area (Å²) >= 11 is 0. The maximum atomic E-state index is 12.5. The Morgan fingerprint density at radius 2 is 2.04 bits per heavy atom. The molecule has 1 amide bonds. The zero-order valence-corrected chi connectivity index (χ0v) is 13.9. The molecular formula is C18H22N4O. The van der Waals surface area contributed by atoms with Crippen LogP contribution in [0.2, 0.25) is 0 Å². The number of benzene rings is 1. The first-order valence-corrected chi connectivity index (χ1v) is 7.93. The van der Waals surface area contributed by atoms with Gasteiger partial charge in [0, 0.05) is 16.6 Å². The zero-order chi connectivity index (χ0) is 16.6. The van der Waals surface area contributed by atoms with Gasteiger partial charge in [-0.05, 0) is 44.9 Å². The van der Waals surface area contributed by atoms with Gasteiger partial charge in [0.15, 0.2) is 0 Å². The minimum absolute atomic E-state index is 0.126. The van der Waals surface area contributed by atoms with Crippen LogP contribution in [0.15, 0.2) is 24.3 Å². The number of aromatic amines is 2. The van der Waals surface area contributed by atoms with Gasteiger partial charge >= 0.3 is 0 Å². The molecule has 3 aromatic rings. The Kier molecular flexibility index (Phi) is 3.94. The Balaban J connectivity index is 1.79. The third-order valence-corrected chi connectivity index (χ3v) is 4.24. The van der Waals surface area contributed by atoms with Gasteiger partial charge in [-0.3, -0.25) is 4.79 Å². The van der Waals surface area contributed by atoms with Crippen molar-refractivity contribution in [2.75, 3.05) is 0 Å². The molecule has 0 bridgehead atoms. The number of carbonyl (C=O) groups excluding carboxylic acids is 1. The van der Waals surface area contributed by atoms with E-state index in [1.54, 1.807) is 0 Å². The molecule has 120 valence electrons. The maximum Gasteiger partial charge on any atom is 0.268 e. The number of rotatable bonds is 4. The van der Waals surface area contributed by atoms with E-state index >= 15 is 0 Å². The molecule has 0 saturated carbocycles. The first-order chi connectivity index (χ1) is 11.0. The molecule has 3 rings (SSSR count). The number of aryl methyl sites for hydroxylation is 3. The molecular weight excluding hydrogens is 288 g/mol. The first-order valence-electron chi connectivity index (χ1n) is 7.93. The number of fused-ring (bicyclic) bond motifs is 1. The number of hydrogen-bond donors (Lipinski definition) is 3. The topological polar surface area (TPSA) is 73.6 Å². The summed E-state index contributed by atoms with van der Waals surface area (Å²) in [5.41, 5.74) is 4.80. The number of amides is 1. The molecule has 0 spiro atoms. The molecule has 23 heavy (non-hydrogen) atoms. The van der Waals surface area contributed by atoms with Crippen LogP contribution in [0.1, 0.15) is 53.2 Å². The molecule has 0 fully saturated rings. The third kappa shape index (κ3) is 2.99. The number of aromatic nitrogens is 3. The molecule has 1 atom stereocenters. The Morgan fingerprint density at radius 3 is 2.70 bits per heavy atom. The highest BCUT2D eigenvalue weighted by molar-refractivity contribution is 5.98. The maximum absolute atomic E-state index is 12.5. The van der Waals surface area contributed by atoms with E-state index in [1.807, 2.05) is 32.9 Å². The second-order valence-electron chi connectivity index (χ2n) is 5.99. The van der Waals surface area contributed by atoms with Gasteiger partial charge < -0.3 is 15.3 Å². The second-order valence-corrected chi connectivity index (χ2v) is 5.99. The smallest absolute Gasteiger partial charge is 0.268 e. The lowest BCUT2D eigenvalue weighted by Crippen LogP contribution is -2.27. The van der Waals surface area contributed by atoms with Crippen LogP contribution in [0.5, 0.6) is 0 Å². The summed E-state index contributed by atoms with van der Waals surface area (Å²) in [7, 11) is 0. The average Bonchev–Trinajstić information content (AvgIpc) is 3.10. The van der Waals surface area contributed by atoms with E-state index < -0.39 is 0 Å². The Morgan fingerprint density at radius 1 is 1.26 bits per heavy atom. The summed E-state index contributed by atoms with van der Waals surface area (Å²) < 4.78 is 0. The molecule has 1 unspecified atom stereocenters. The van der Waals surface area contributed by atoms with Crippen LogP contribution in [0.3, 0.4) is 0 Å². The van der Waals surface area contributed by atoms with Gasteiger partial charge in [-0.25, -0.2) is 4.98 Å². The van der Waals surface area contributed by atoms with Gasteiger partial charge in [0.1, 0.15) is 11.5 Å². The molecule has 2 aromatic heterocycles. The van der Waals surface area contributed by atoms with Gasteiger partial charge in [-0.1, -0.05) is 19.1 Å². The van der Waals surface area contributed by atoms with Crippen LogP contribution < -0.4 is 5.32 Å². The molecule has 0 aliphatic carbocycles. The molecule has 3 N–H and O–H groups in total. The third-order valence-electron chi connectivity index (χ3n) is 4.24. The van der Waals surface area contributed by atoms with Gasteiger partial charge in [0.05, 0.1) is 11.7 Å². The summed E-state index contributed by atoms with van der Waals surface area (Å²) in [6.45, 7) is 7.97. The number of nitrogens with one attached hydrogen (secondary N) is 3. The number of imidazole rings is 1. The van der Waals surface area contributed by atoms with E-state index in [2.05, 4.69) is 39.3 Å². The van der Waals surface area contributed by atoms with Crippen molar-refractivity contribution in [2.24, 2.45) is 0 Å². The second kappa shape index (κ2) is 5.91. The first kappa shape index (κ1) is 15.3. The predicted octanol–water partition coefficient (Wildman–Crippen LogP) is 3.56. The lowest BCUT2D eigenvalue weighted by molar-refractivity contribution is 0.0934. The fraction of sp³-hybridized carbons (Fsp3) is 0.333. The lowest BCUT2D eigenvalue weighted by Gasteiger charge is -2.10. The van der Waals surface area contributed by atoms with E-state index in [1.165, 1.54) is 5.56 Å². The van der Waals surface area contributed by atoms with Crippen molar-refractivity contribution < 1.29 is 4.79 Å². The highest BCUT2D eigenvalue weighted by atomic mass is 16.1. The molecule has 2 heterocycles. The quantitative estimate of drug-likeness (QED) is 0.689. The molecule has 0 aliphatic heterocycles. The Bertz CT molecular complexity index is 840. The van der Waals surface area contributed by atoms with Crippen molar-refractivity contribution in [3.63, 3.8) is 0 Å². The summed E-state index contributed by atoms with van der Waals surface area (Å²) in [6, 6.07) is 7.94. The molecule has 0 radical (unpaired) electrons. The van der Waals surface area contributed by atoms with Crippen LogP contribution in [0.25, 0.3) is 10.9 Å². The standard InChI is InChI=1S/C18H22N4O/c1-5-13-6-7-14-9-16(22-15(14)8-13)18(23)21-12(4)17-19-10(2)11(3)20-17/h6-9,12,22H,5H2,1-4H3,(H,19,20)(H,21,23). The van der Waals surface area contributed by atoms with Crippen molar-refractivity contribution in [1.82, 2.24) is 20.3 Å². The molecule has 1 aromatic carbocycles. The summed E-state index contributed by atoms with van der Waals surface area (Å²) in [4.78, 5) is 23.3. The molecule has 0 aliphatic rings. The molecule has 5 nitrogen and oxygen atoms in total. The van der Waals surface area contributed by atoms with Crippen LogP contribution in [0, 0.1) is 13.8 Å². The van der Waals surface area contributed by atoms with Gasteiger partial charge in [-0.2, -0.15) is 0 Å². The van der Waals surface area contributed by atoms with Crippen LogP contribution in [-0.4, -0.2) is 20.9 Å². The predicted molar refractivity (Wildman–Crippen MR) is 91.6 cm³/mol.